The van der Waals surface area contributed by atoms with Gasteiger partial charge in [0.25, 0.3) is 0 Å². The van der Waals surface area contributed by atoms with Crippen molar-refractivity contribution in [2.45, 2.75) is 84.2 Å². The molecule has 28 heavy (non-hydrogen) atoms. The van der Waals surface area contributed by atoms with Crippen LogP contribution in [0.15, 0.2) is 0 Å². The van der Waals surface area contributed by atoms with E-state index >= 15 is 0 Å². The number of likely N-dealkylation sites (tertiary alicyclic amines) is 1. The van der Waals surface area contributed by atoms with Gasteiger partial charge in [-0.25, -0.2) is 4.79 Å². The molecule has 7 nitrogen and oxygen atoms in total. The van der Waals surface area contributed by atoms with Gasteiger partial charge in [0.1, 0.15) is 11.6 Å². The molecule has 2 saturated heterocycles. The second-order valence-electron chi connectivity index (χ2n) is 8.49. The molecule has 2 aliphatic rings. The summed E-state index contributed by atoms with van der Waals surface area (Å²) < 4.78 is 5.35. The molecule has 2 heterocycles. The van der Waals surface area contributed by atoms with Crippen LogP contribution in [0.5, 0.6) is 0 Å². The molecule has 1 unspecified atom stereocenters. The monoisotopic (exact) mass is 395 g/mol. The molecule has 3 amide bonds. The predicted octanol–water partition coefficient (Wildman–Crippen LogP) is 2.93. The topological polar surface area (TPSA) is 79.0 Å². The maximum absolute atomic E-state index is 13.1. The number of nitrogens with one attached hydrogen (secondary N) is 1. The number of nitrogens with zero attached hydrogens (tertiary/aromatic N) is 2. The van der Waals surface area contributed by atoms with Gasteiger partial charge in [-0.05, 0) is 38.0 Å². The van der Waals surface area contributed by atoms with Crippen molar-refractivity contribution in [2.75, 3.05) is 26.2 Å². The summed E-state index contributed by atoms with van der Waals surface area (Å²) in [7, 11) is 0. The van der Waals surface area contributed by atoms with Crippen molar-refractivity contribution in [3.63, 3.8) is 0 Å². The number of rotatable bonds is 8. The van der Waals surface area contributed by atoms with Crippen molar-refractivity contribution in [1.29, 1.82) is 0 Å². The van der Waals surface area contributed by atoms with Crippen molar-refractivity contribution in [3.05, 3.63) is 0 Å². The highest BCUT2D eigenvalue weighted by molar-refractivity contribution is 6.00. The molecule has 2 fully saturated rings. The van der Waals surface area contributed by atoms with Crippen LogP contribution in [0.1, 0.15) is 72.6 Å². The highest BCUT2D eigenvalue weighted by atomic mass is 16.6. The van der Waals surface area contributed by atoms with Crippen LogP contribution >= 0.6 is 0 Å². The summed E-state index contributed by atoms with van der Waals surface area (Å²) in [6.07, 6.45) is 5.06. The maximum Gasteiger partial charge on any atom is 0.409 e. The first-order valence-corrected chi connectivity index (χ1v) is 10.9. The molecule has 1 spiro atoms. The molecule has 0 aliphatic carbocycles. The molecule has 0 aromatic carbocycles. The fraction of sp³-hybridized carbons (Fsp3) is 0.857. The van der Waals surface area contributed by atoms with E-state index in [0.29, 0.717) is 51.4 Å². The van der Waals surface area contributed by atoms with E-state index in [2.05, 4.69) is 26.1 Å². The van der Waals surface area contributed by atoms with Crippen molar-refractivity contribution in [2.24, 2.45) is 5.92 Å². The summed E-state index contributed by atoms with van der Waals surface area (Å²) >= 11 is 0. The van der Waals surface area contributed by atoms with Crippen molar-refractivity contribution in [3.8, 4) is 0 Å². The van der Waals surface area contributed by atoms with Gasteiger partial charge in [0, 0.05) is 19.6 Å². The second kappa shape index (κ2) is 10.1. The first kappa shape index (κ1) is 22.5. The summed E-state index contributed by atoms with van der Waals surface area (Å²) in [5, 5.41) is 2.97. The third-order valence-electron chi connectivity index (χ3n) is 5.79. The molecule has 0 aromatic rings. The van der Waals surface area contributed by atoms with Crippen LogP contribution in [0, 0.1) is 5.92 Å². The number of amides is 3. The molecule has 7 heteroatoms. The lowest BCUT2D eigenvalue weighted by molar-refractivity contribution is -0.161. The number of piperazine rings is 1. The van der Waals surface area contributed by atoms with Gasteiger partial charge in [0.05, 0.1) is 6.61 Å². The van der Waals surface area contributed by atoms with E-state index in [1.165, 1.54) is 0 Å². The normalized spacial score (nSPS) is 22.0. The van der Waals surface area contributed by atoms with Crippen LogP contribution in [0.2, 0.25) is 0 Å². The van der Waals surface area contributed by atoms with Gasteiger partial charge in [0.2, 0.25) is 11.8 Å². The van der Waals surface area contributed by atoms with Crippen LogP contribution < -0.4 is 5.32 Å². The fourth-order valence-electron chi connectivity index (χ4n) is 4.21. The van der Waals surface area contributed by atoms with Gasteiger partial charge in [-0.1, -0.05) is 40.5 Å². The van der Waals surface area contributed by atoms with E-state index in [-0.39, 0.29) is 17.9 Å². The third kappa shape index (κ3) is 4.97. The summed E-state index contributed by atoms with van der Waals surface area (Å²) in [6.45, 7) is 10.1. The average molecular weight is 396 g/mol. The first-order chi connectivity index (χ1) is 13.4. The molecular formula is C21H37N3O4. The first-order valence-electron chi connectivity index (χ1n) is 10.9. The molecule has 0 aromatic heterocycles. The molecule has 0 bridgehead atoms. The number of hydrogen-bond acceptors (Lipinski definition) is 4. The Morgan fingerprint density at radius 2 is 1.86 bits per heavy atom. The Labute approximate surface area is 169 Å². The number of piperidine rings is 1. The standard InChI is InChI=1S/C21H37N3O4/c1-5-7-8-14-28-20(27)23-12-9-21(10-13-23)19(26)22-17(15-16(3)4)18(25)24(21)11-6-2/h16-17H,5-15H2,1-4H3,(H,22,26). The Kier molecular flexibility index (Phi) is 8.13. The maximum atomic E-state index is 13.1. The molecule has 2 aliphatic heterocycles. The molecular weight excluding hydrogens is 358 g/mol. The Hall–Kier alpha value is -1.79. The number of ether oxygens (including phenoxy) is 1. The van der Waals surface area contributed by atoms with Gasteiger partial charge >= 0.3 is 6.09 Å². The lowest BCUT2D eigenvalue weighted by Gasteiger charge is -2.51. The van der Waals surface area contributed by atoms with Gasteiger partial charge in [0.15, 0.2) is 0 Å². The summed E-state index contributed by atoms with van der Waals surface area (Å²) in [5.74, 6) is 0.281. The quantitative estimate of drug-likeness (QED) is 0.641. The zero-order valence-electron chi connectivity index (χ0n) is 18.0. The van der Waals surface area contributed by atoms with Gasteiger partial charge in [-0.2, -0.15) is 0 Å². The molecule has 0 radical (unpaired) electrons. The second-order valence-corrected chi connectivity index (χ2v) is 8.49. The van der Waals surface area contributed by atoms with E-state index in [0.717, 1.165) is 25.7 Å². The van der Waals surface area contributed by atoms with Crippen LogP contribution in [-0.2, 0) is 14.3 Å². The molecule has 0 saturated carbocycles. The Morgan fingerprint density at radius 1 is 1.18 bits per heavy atom. The Bertz CT molecular complexity index is 556. The summed E-state index contributed by atoms with van der Waals surface area (Å²) in [4.78, 5) is 41.9. The predicted molar refractivity (Wildman–Crippen MR) is 108 cm³/mol. The van der Waals surface area contributed by atoms with E-state index < -0.39 is 11.6 Å². The van der Waals surface area contributed by atoms with E-state index in [1.807, 2.05) is 6.92 Å². The van der Waals surface area contributed by atoms with Crippen LogP contribution in [0.4, 0.5) is 4.79 Å². The minimum absolute atomic E-state index is 0.0192. The van der Waals surface area contributed by atoms with Crippen LogP contribution in [0.3, 0.4) is 0 Å². The number of carbonyl (C=O) groups excluding carboxylic acids is 3. The van der Waals surface area contributed by atoms with Crippen LogP contribution in [0.25, 0.3) is 0 Å². The molecule has 160 valence electrons. The average Bonchev–Trinajstić information content (AvgIpc) is 2.67. The lowest BCUT2D eigenvalue weighted by Crippen LogP contribution is -2.73. The zero-order valence-corrected chi connectivity index (χ0v) is 18.0. The minimum atomic E-state index is -0.834. The molecule has 1 N–H and O–H groups in total. The summed E-state index contributed by atoms with van der Waals surface area (Å²) in [6, 6.07) is -0.439. The lowest BCUT2D eigenvalue weighted by atomic mass is 9.81. The zero-order chi connectivity index (χ0) is 20.7. The Morgan fingerprint density at radius 3 is 2.43 bits per heavy atom. The van der Waals surface area contributed by atoms with E-state index in [1.54, 1.807) is 9.80 Å². The Balaban J connectivity index is 2.03. The van der Waals surface area contributed by atoms with Crippen molar-refractivity contribution < 1.29 is 19.1 Å². The van der Waals surface area contributed by atoms with Gasteiger partial charge in [-0.3, -0.25) is 9.59 Å². The van der Waals surface area contributed by atoms with Crippen molar-refractivity contribution in [1.82, 2.24) is 15.1 Å². The minimum Gasteiger partial charge on any atom is -0.449 e. The smallest absolute Gasteiger partial charge is 0.409 e. The highest BCUT2D eigenvalue weighted by Crippen LogP contribution is 2.34. The van der Waals surface area contributed by atoms with Crippen molar-refractivity contribution >= 4 is 17.9 Å². The van der Waals surface area contributed by atoms with E-state index in [4.69, 9.17) is 4.74 Å². The number of hydrogen-bond donors (Lipinski definition) is 1. The molecule has 1 atom stereocenters. The summed E-state index contributed by atoms with van der Waals surface area (Å²) in [5.41, 5.74) is -0.834. The SMILES string of the molecule is CCCCCOC(=O)N1CCC2(CC1)C(=O)NC(CC(C)C)C(=O)N2CCC. The van der Waals surface area contributed by atoms with Gasteiger partial charge < -0.3 is 19.9 Å². The third-order valence-corrected chi connectivity index (χ3v) is 5.79. The number of unbranched alkanes of at least 4 members (excludes halogenated alkanes) is 2. The highest BCUT2D eigenvalue weighted by Gasteiger charge is 2.53. The molecule has 2 rings (SSSR count). The largest absolute Gasteiger partial charge is 0.449 e. The fourth-order valence-corrected chi connectivity index (χ4v) is 4.21. The van der Waals surface area contributed by atoms with E-state index in [9.17, 15) is 14.4 Å². The van der Waals surface area contributed by atoms with Crippen LogP contribution in [-0.4, -0.2) is 65.5 Å². The number of carbonyl (C=O) groups is 3. The van der Waals surface area contributed by atoms with Gasteiger partial charge in [-0.15, -0.1) is 0 Å².